The van der Waals surface area contributed by atoms with E-state index in [1.54, 1.807) is 5.56 Å². The molecule has 1 aromatic carbocycles. The molecule has 0 aliphatic heterocycles. The highest BCUT2D eigenvalue weighted by molar-refractivity contribution is 5.36. The number of hydrogen-bond acceptors (Lipinski definition) is 1. The third-order valence-corrected chi connectivity index (χ3v) is 5.49. The van der Waals surface area contributed by atoms with Crippen molar-refractivity contribution in [2.45, 2.75) is 52.9 Å². The standard InChI is InChI=1S/C19H31N/c1-13(2)16-9-10-17(12-20-5)19(11-16)18-8-6-7-14(3)15(18)4/h6-8,13,16-17,19-20H,9-12H2,1-5H3. The Hall–Kier alpha value is -0.820. The summed E-state index contributed by atoms with van der Waals surface area (Å²) in [5, 5.41) is 3.42. The molecule has 0 bridgehead atoms. The monoisotopic (exact) mass is 273 g/mol. The SMILES string of the molecule is CNCC1CCC(C(C)C)CC1c1cccc(C)c1C. The van der Waals surface area contributed by atoms with Crippen molar-refractivity contribution in [3.63, 3.8) is 0 Å². The predicted octanol–water partition coefficient (Wildman–Crippen LogP) is 4.68. The Morgan fingerprint density at radius 1 is 1.20 bits per heavy atom. The summed E-state index contributed by atoms with van der Waals surface area (Å²) in [6.07, 6.45) is 4.15. The summed E-state index contributed by atoms with van der Waals surface area (Å²) in [4.78, 5) is 0. The fourth-order valence-corrected chi connectivity index (χ4v) is 3.93. The first-order chi connectivity index (χ1) is 9.54. The fourth-order valence-electron chi connectivity index (χ4n) is 3.93. The fraction of sp³-hybridized carbons (Fsp3) is 0.684. The number of aryl methyl sites for hydroxylation is 1. The molecule has 0 spiro atoms. The van der Waals surface area contributed by atoms with Gasteiger partial charge < -0.3 is 5.32 Å². The van der Waals surface area contributed by atoms with Crippen LogP contribution in [0.5, 0.6) is 0 Å². The first kappa shape index (κ1) is 15.6. The predicted molar refractivity (Wildman–Crippen MR) is 88.3 cm³/mol. The van der Waals surface area contributed by atoms with Gasteiger partial charge in [0.15, 0.2) is 0 Å². The molecule has 3 atom stereocenters. The van der Waals surface area contributed by atoms with E-state index in [1.165, 1.54) is 30.4 Å². The third kappa shape index (κ3) is 3.25. The van der Waals surface area contributed by atoms with Crippen LogP contribution in [0.3, 0.4) is 0 Å². The van der Waals surface area contributed by atoms with Crippen LogP contribution in [-0.2, 0) is 0 Å². The zero-order chi connectivity index (χ0) is 14.7. The van der Waals surface area contributed by atoms with E-state index in [0.29, 0.717) is 0 Å². The second kappa shape index (κ2) is 6.76. The van der Waals surface area contributed by atoms with Crippen LogP contribution < -0.4 is 5.32 Å². The van der Waals surface area contributed by atoms with E-state index in [4.69, 9.17) is 0 Å². The number of hydrogen-bond donors (Lipinski definition) is 1. The largest absolute Gasteiger partial charge is 0.319 e. The molecule has 3 unspecified atom stereocenters. The lowest BCUT2D eigenvalue weighted by atomic mass is 9.67. The number of nitrogens with one attached hydrogen (secondary N) is 1. The summed E-state index contributed by atoms with van der Waals surface area (Å²) in [5.41, 5.74) is 4.57. The van der Waals surface area contributed by atoms with Crippen molar-refractivity contribution in [2.24, 2.45) is 17.8 Å². The Bertz CT molecular complexity index is 435. The molecule has 0 radical (unpaired) electrons. The van der Waals surface area contributed by atoms with Crippen LogP contribution in [0.1, 0.15) is 55.7 Å². The van der Waals surface area contributed by atoms with Crippen LogP contribution in [0.15, 0.2) is 18.2 Å². The van der Waals surface area contributed by atoms with Gasteiger partial charge in [0.1, 0.15) is 0 Å². The highest BCUT2D eigenvalue weighted by Crippen LogP contribution is 2.44. The Morgan fingerprint density at radius 2 is 1.95 bits per heavy atom. The van der Waals surface area contributed by atoms with E-state index < -0.39 is 0 Å². The lowest BCUT2D eigenvalue weighted by Gasteiger charge is -2.39. The summed E-state index contributed by atoms with van der Waals surface area (Å²) in [6.45, 7) is 10.5. The first-order valence-electron chi connectivity index (χ1n) is 8.25. The molecule has 112 valence electrons. The molecule has 0 heterocycles. The molecule has 1 aliphatic carbocycles. The van der Waals surface area contributed by atoms with E-state index in [9.17, 15) is 0 Å². The lowest BCUT2D eigenvalue weighted by molar-refractivity contribution is 0.192. The Morgan fingerprint density at radius 3 is 2.60 bits per heavy atom. The van der Waals surface area contributed by atoms with Gasteiger partial charge in [-0.1, -0.05) is 32.0 Å². The summed E-state index contributed by atoms with van der Waals surface area (Å²) in [7, 11) is 2.09. The van der Waals surface area contributed by atoms with Crippen molar-refractivity contribution in [3.8, 4) is 0 Å². The number of benzene rings is 1. The van der Waals surface area contributed by atoms with Crippen molar-refractivity contribution in [1.82, 2.24) is 5.32 Å². The maximum absolute atomic E-state index is 3.42. The van der Waals surface area contributed by atoms with E-state index in [-0.39, 0.29) is 0 Å². The zero-order valence-corrected chi connectivity index (χ0v) is 13.9. The first-order valence-corrected chi connectivity index (χ1v) is 8.25. The van der Waals surface area contributed by atoms with Gasteiger partial charge in [-0.05, 0) is 87.1 Å². The van der Waals surface area contributed by atoms with Crippen molar-refractivity contribution in [3.05, 3.63) is 34.9 Å². The van der Waals surface area contributed by atoms with Gasteiger partial charge in [0.2, 0.25) is 0 Å². The average molecular weight is 273 g/mol. The van der Waals surface area contributed by atoms with Crippen molar-refractivity contribution in [1.29, 1.82) is 0 Å². The van der Waals surface area contributed by atoms with Crippen LogP contribution in [-0.4, -0.2) is 13.6 Å². The molecule has 1 saturated carbocycles. The van der Waals surface area contributed by atoms with Crippen LogP contribution in [0.25, 0.3) is 0 Å². The zero-order valence-electron chi connectivity index (χ0n) is 13.9. The second-order valence-corrected chi connectivity index (χ2v) is 7.03. The highest BCUT2D eigenvalue weighted by Gasteiger charge is 2.33. The summed E-state index contributed by atoms with van der Waals surface area (Å²) in [5.74, 6) is 3.25. The van der Waals surface area contributed by atoms with Crippen LogP contribution >= 0.6 is 0 Å². The molecule has 0 amide bonds. The van der Waals surface area contributed by atoms with Gasteiger partial charge in [0.25, 0.3) is 0 Å². The van der Waals surface area contributed by atoms with Crippen LogP contribution in [0, 0.1) is 31.6 Å². The minimum absolute atomic E-state index is 0.739. The lowest BCUT2D eigenvalue weighted by Crippen LogP contribution is -2.32. The van der Waals surface area contributed by atoms with Crippen LogP contribution in [0.4, 0.5) is 0 Å². The average Bonchev–Trinajstić information content (AvgIpc) is 2.43. The van der Waals surface area contributed by atoms with E-state index in [0.717, 1.165) is 30.2 Å². The Kier molecular flexibility index (Phi) is 5.26. The molecule has 1 nitrogen and oxygen atoms in total. The van der Waals surface area contributed by atoms with Crippen molar-refractivity contribution < 1.29 is 0 Å². The minimum Gasteiger partial charge on any atom is -0.319 e. The molecule has 0 saturated heterocycles. The van der Waals surface area contributed by atoms with Gasteiger partial charge >= 0.3 is 0 Å². The topological polar surface area (TPSA) is 12.0 Å². The number of rotatable bonds is 4. The van der Waals surface area contributed by atoms with E-state index in [1.807, 2.05) is 0 Å². The quantitative estimate of drug-likeness (QED) is 0.840. The molecule has 2 rings (SSSR count). The Balaban J connectivity index is 2.29. The van der Waals surface area contributed by atoms with Gasteiger partial charge in [-0.25, -0.2) is 0 Å². The molecule has 1 heteroatoms. The molecule has 20 heavy (non-hydrogen) atoms. The molecule has 1 N–H and O–H groups in total. The third-order valence-electron chi connectivity index (χ3n) is 5.49. The maximum Gasteiger partial charge on any atom is -0.00177 e. The Labute approximate surface area is 125 Å². The van der Waals surface area contributed by atoms with Crippen molar-refractivity contribution in [2.75, 3.05) is 13.6 Å². The van der Waals surface area contributed by atoms with E-state index >= 15 is 0 Å². The van der Waals surface area contributed by atoms with Gasteiger partial charge in [-0.15, -0.1) is 0 Å². The molecule has 1 aliphatic rings. The van der Waals surface area contributed by atoms with Gasteiger partial charge in [-0.3, -0.25) is 0 Å². The van der Waals surface area contributed by atoms with Crippen LogP contribution in [0.2, 0.25) is 0 Å². The molecule has 1 aromatic rings. The molecule has 1 fully saturated rings. The minimum atomic E-state index is 0.739. The van der Waals surface area contributed by atoms with E-state index in [2.05, 4.69) is 58.3 Å². The normalized spacial score (nSPS) is 27.0. The van der Waals surface area contributed by atoms with Gasteiger partial charge in [-0.2, -0.15) is 0 Å². The smallest absolute Gasteiger partial charge is 0.00177 e. The van der Waals surface area contributed by atoms with Crippen molar-refractivity contribution >= 4 is 0 Å². The molecular weight excluding hydrogens is 242 g/mol. The molecule has 0 aromatic heterocycles. The highest BCUT2D eigenvalue weighted by atomic mass is 14.8. The maximum atomic E-state index is 3.42. The van der Waals surface area contributed by atoms with Gasteiger partial charge in [0.05, 0.1) is 0 Å². The summed E-state index contributed by atoms with van der Waals surface area (Å²) in [6, 6.07) is 6.86. The molecular formula is C19H31N. The second-order valence-electron chi connectivity index (χ2n) is 7.03. The summed E-state index contributed by atoms with van der Waals surface area (Å²) < 4.78 is 0. The van der Waals surface area contributed by atoms with Gasteiger partial charge in [0, 0.05) is 0 Å². The summed E-state index contributed by atoms with van der Waals surface area (Å²) >= 11 is 0.